The van der Waals surface area contributed by atoms with Crippen LogP contribution in [0.5, 0.6) is 11.5 Å². The fourth-order valence-corrected chi connectivity index (χ4v) is 2.65. The molecule has 2 aliphatic heterocycles. The fraction of sp³-hybridized carbons (Fsp3) is 0.250. The number of aryl methyl sites for hydroxylation is 1. The van der Waals surface area contributed by atoms with Crippen LogP contribution in [0.1, 0.15) is 11.3 Å². The van der Waals surface area contributed by atoms with Crippen molar-refractivity contribution in [3.63, 3.8) is 0 Å². The maximum absolute atomic E-state index is 5.50. The third-order valence-corrected chi connectivity index (χ3v) is 3.66. The molecular formula is C16H15N3O2. The van der Waals surface area contributed by atoms with Crippen molar-refractivity contribution < 1.29 is 9.47 Å². The van der Waals surface area contributed by atoms with E-state index in [0.29, 0.717) is 6.67 Å². The summed E-state index contributed by atoms with van der Waals surface area (Å²) in [5.74, 6) is 1.54. The number of nitrogens with one attached hydrogen (secondary N) is 1. The minimum Gasteiger partial charge on any atom is -0.454 e. The zero-order valence-electron chi connectivity index (χ0n) is 11.7. The van der Waals surface area contributed by atoms with Crippen molar-refractivity contribution in [3.8, 4) is 22.8 Å². The summed E-state index contributed by atoms with van der Waals surface area (Å²) in [5.41, 5.74) is 5.04. The highest BCUT2D eigenvalue weighted by Gasteiger charge is 2.22. The number of aliphatic imine (C=N–C) groups is 1. The minimum absolute atomic E-state index is 0.268. The number of hydrogen-bond donors (Lipinski definition) is 1. The molecule has 3 heterocycles. The average molecular weight is 281 g/mol. The van der Waals surface area contributed by atoms with Crippen molar-refractivity contribution in [2.24, 2.45) is 4.99 Å². The number of nitrogens with zero attached hydrogens (tertiary/aromatic N) is 2. The second kappa shape index (κ2) is 4.86. The van der Waals surface area contributed by atoms with Gasteiger partial charge in [-0.15, -0.1) is 0 Å². The van der Waals surface area contributed by atoms with Crippen molar-refractivity contribution in [1.29, 1.82) is 0 Å². The number of aromatic nitrogens is 1. The predicted molar refractivity (Wildman–Crippen MR) is 79.9 cm³/mol. The average Bonchev–Trinajstić information content (AvgIpc) is 3.17. The van der Waals surface area contributed by atoms with Gasteiger partial charge in [0.15, 0.2) is 11.5 Å². The molecule has 0 fully saturated rings. The van der Waals surface area contributed by atoms with Crippen LogP contribution in [-0.4, -0.2) is 30.7 Å². The molecule has 0 bridgehead atoms. The standard InChI is InChI=1S/C16H15N3O2/c1-10-3-2-4-13(19-10)11-5-15-16(21-9-20-15)6-12(11)14-7-17-8-18-14/h2-6,17H,7-9H2,1H3. The van der Waals surface area contributed by atoms with E-state index in [0.717, 1.165) is 46.3 Å². The molecule has 4 rings (SSSR count). The molecule has 0 saturated carbocycles. The summed E-state index contributed by atoms with van der Waals surface area (Å²) in [7, 11) is 0. The summed E-state index contributed by atoms with van der Waals surface area (Å²) in [4.78, 5) is 9.15. The van der Waals surface area contributed by atoms with Gasteiger partial charge in [-0.1, -0.05) is 6.07 Å². The summed E-state index contributed by atoms with van der Waals surface area (Å²) >= 11 is 0. The molecule has 0 aliphatic carbocycles. The minimum atomic E-state index is 0.268. The molecule has 0 amide bonds. The SMILES string of the molecule is Cc1cccc(-c2cc3c(cc2C2=NCNC2)OCO3)n1. The van der Waals surface area contributed by atoms with Gasteiger partial charge in [0.05, 0.1) is 18.1 Å². The number of ether oxygens (including phenoxy) is 2. The van der Waals surface area contributed by atoms with E-state index in [2.05, 4.69) is 15.3 Å². The summed E-state index contributed by atoms with van der Waals surface area (Å²) in [6, 6.07) is 10.0. The van der Waals surface area contributed by atoms with Gasteiger partial charge in [-0.2, -0.15) is 0 Å². The molecule has 2 aromatic rings. The zero-order chi connectivity index (χ0) is 14.2. The normalized spacial score (nSPS) is 16.1. The van der Waals surface area contributed by atoms with Crippen LogP contribution in [0.3, 0.4) is 0 Å². The van der Waals surface area contributed by atoms with Gasteiger partial charge in [-0.05, 0) is 31.2 Å². The Balaban J connectivity index is 1.92. The van der Waals surface area contributed by atoms with Crippen LogP contribution in [0.4, 0.5) is 0 Å². The molecular weight excluding hydrogens is 266 g/mol. The molecule has 0 atom stereocenters. The first-order valence-corrected chi connectivity index (χ1v) is 6.93. The Kier molecular flexibility index (Phi) is 2.86. The molecule has 5 nitrogen and oxygen atoms in total. The number of benzene rings is 1. The molecule has 0 unspecified atom stereocenters. The van der Waals surface area contributed by atoms with Crippen molar-refractivity contribution in [2.75, 3.05) is 20.0 Å². The fourth-order valence-electron chi connectivity index (χ4n) is 2.65. The van der Waals surface area contributed by atoms with Gasteiger partial charge in [-0.25, -0.2) is 0 Å². The summed E-state index contributed by atoms with van der Waals surface area (Å²) in [6.07, 6.45) is 0. The van der Waals surface area contributed by atoms with Crippen LogP contribution in [0.15, 0.2) is 35.3 Å². The molecule has 0 spiro atoms. The highest BCUT2D eigenvalue weighted by Crippen LogP contribution is 2.38. The van der Waals surface area contributed by atoms with Crippen LogP contribution in [0.25, 0.3) is 11.3 Å². The van der Waals surface area contributed by atoms with E-state index in [1.54, 1.807) is 0 Å². The number of pyridine rings is 1. The molecule has 0 radical (unpaired) electrons. The molecule has 1 aromatic carbocycles. The highest BCUT2D eigenvalue weighted by atomic mass is 16.7. The van der Waals surface area contributed by atoms with Crippen molar-refractivity contribution >= 4 is 5.71 Å². The van der Waals surface area contributed by atoms with Gasteiger partial charge in [0, 0.05) is 23.4 Å². The van der Waals surface area contributed by atoms with E-state index >= 15 is 0 Å². The zero-order valence-corrected chi connectivity index (χ0v) is 11.7. The van der Waals surface area contributed by atoms with Crippen molar-refractivity contribution in [3.05, 3.63) is 41.6 Å². The number of fused-ring (bicyclic) bond motifs is 1. The van der Waals surface area contributed by atoms with Crippen LogP contribution < -0.4 is 14.8 Å². The molecule has 1 N–H and O–H groups in total. The Morgan fingerprint density at radius 2 is 1.90 bits per heavy atom. The van der Waals surface area contributed by atoms with Crippen molar-refractivity contribution in [1.82, 2.24) is 10.3 Å². The maximum Gasteiger partial charge on any atom is 0.231 e. The first kappa shape index (κ1) is 12.3. The topological polar surface area (TPSA) is 55.7 Å². The van der Waals surface area contributed by atoms with Gasteiger partial charge >= 0.3 is 0 Å². The smallest absolute Gasteiger partial charge is 0.231 e. The lowest BCUT2D eigenvalue weighted by molar-refractivity contribution is 0.174. The van der Waals surface area contributed by atoms with Crippen LogP contribution in [-0.2, 0) is 0 Å². The van der Waals surface area contributed by atoms with Crippen LogP contribution >= 0.6 is 0 Å². The first-order valence-electron chi connectivity index (χ1n) is 6.93. The summed E-state index contributed by atoms with van der Waals surface area (Å²) < 4.78 is 11.0. The largest absolute Gasteiger partial charge is 0.454 e. The molecule has 0 saturated heterocycles. The lowest BCUT2D eigenvalue weighted by atomic mass is 9.98. The third-order valence-electron chi connectivity index (χ3n) is 3.66. The Morgan fingerprint density at radius 1 is 1.10 bits per heavy atom. The lowest BCUT2D eigenvalue weighted by Gasteiger charge is -2.11. The Hall–Kier alpha value is -2.40. The van der Waals surface area contributed by atoms with Gasteiger partial charge in [0.2, 0.25) is 6.79 Å². The van der Waals surface area contributed by atoms with Gasteiger partial charge in [0.1, 0.15) is 0 Å². The Bertz CT molecular complexity index is 740. The number of hydrogen-bond acceptors (Lipinski definition) is 5. The Labute approximate surface area is 122 Å². The molecule has 5 heteroatoms. The van der Waals surface area contributed by atoms with E-state index in [1.807, 2.05) is 37.3 Å². The summed E-state index contributed by atoms with van der Waals surface area (Å²) in [5, 5.41) is 3.23. The molecule has 106 valence electrons. The number of rotatable bonds is 2. The Morgan fingerprint density at radius 3 is 2.62 bits per heavy atom. The molecule has 1 aromatic heterocycles. The van der Waals surface area contributed by atoms with E-state index in [-0.39, 0.29) is 6.79 Å². The lowest BCUT2D eigenvalue weighted by Crippen LogP contribution is -2.14. The monoisotopic (exact) mass is 281 g/mol. The van der Waals surface area contributed by atoms with Crippen LogP contribution in [0.2, 0.25) is 0 Å². The third kappa shape index (κ3) is 2.15. The van der Waals surface area contributed by atoms with Crippen molar-refractivity contribution in [2.45, 2.75) is 6.92 Å². The van der Waals surface area contributed by atoms with Gasteiger partial charge in [0.25, 0.3) is 0 Å². The van der Waals surface area contributed by atoms with E-state index < -0.39 is 0 Å². The van der Waals surface area contributed by atoms with E-state index in [1.165, 1.54) is 0 Å². The predicted octanol–water partition coefficient (Wildman–Crippen LogP) is 2.14. The highest BCUT2D eigenvalue weighted by molar-refractivity contribution is 6.08. The quantitative estimate of drug-likeness (QED) is 0.916. The first-order chi connectivity index (χ1) is 10.3. The van der Waals surface area contributed by atoms with Crippen LogP contribution in [0, 0.1) is 6.92 Å². The summed E-state index contributed by atoms with van der Waals surface area (Å²) in [6.45, 7) is 3.68. The second-order valence-corrected chi connectivity index (χ2v) is 5.10. The molecule has 2 aliphatic rings. The van der Waals surface area contributed by atoms with E-state index in [4.69, 9.17) is 9.47 Å². The molecule has 21 heavy (non-hydrogen) atoms. The maximum atomic E-state index is 5.50. The second-order valence-electron chi connectivity index (χ2n) is 5.10. The van der Waals surface area contributed by atoms with Gasteiger partial charge in [-0.3, -0.25) is 15.3 Å². The van der Waals surface area contributed by atoms with Gasteiger partial charge < -0.3 is 9.47 Å². The van der Waals surface area contributed by atoms with E-state index in [9.17, 15) is 0 Å².